The predicted octanol–water partition coefficient (Wildman–Crippen LogP) is 2.62. The quantitative estimate of drug-likeness (QED) is 0.693. The summed E-state index contributed by atoms with van der Waals surface area (Å²) in [4.78, 5) is 11.4. The number of carbonyl (C=O) groups is 1. The fourth-order valence-electron chi connectivity index (χ4n) is 1.70. The first-order valence-corrected chi connectivity index (χ1v) is 5.57. The maximum absolute atomic E-state index is 11.4. The lowest BCUT2D eigenvalue weighted by molar-refractivity contribution is 0.0946. The lowest BCUT2D eigenvalue weighted by Crippen LogP contribution is -2.31. The Labute approximate surface area is 91.7 Å². The molecule has 2 heteroatoms. The lowest BCUT2D eigenvalue weighted by Gasteiger charge is -2.17. The fourth-order valence-corrected chi connectivity index (χ4v) is 1.70. The van der Waals surface area contributed by atoms with Crippen molar-refractivity contribution in [1.82, 2.24) is 5.32 Å². The molecule has 1 heterocycles. The normalized spacial score (nSPS) is 13.5. The highest BCUT2D eigenvalue weighted by Gasteiger charge is 2.16. The first-order chi connectivity index (χ1) is 7.18. The van der Waals surface area contributed by atoms with E-state index in [4.69, 9.17) is 0 Å². The van der Waals surface area contributed by atoms with Crippen molar-refractivity contribution < 1.29 is 4.79 Å². The molecule has 0 fully saturated rings. The summed E-state index contributed by atoms with van der Waals surface area (Å²) < 4.78 is 0. The van der Waals surface area contributed by atoms with E-state index < -0.39 is 0 Å². The van der Waals surface area contributed by atoms with Gasteiger partial charge < -0.3 is 5.32 Å². The molecule has 0 saturated heterocycles. The van der Waals surface area contributed by atoms with Crippen molar-refractivity contribution in [2.24, 2.45) is 0 Å². The number of hydrogen-bond donors (Lipinski definition) is 1. The van der Waals surface area contributed by atoms with E-state index in [1.807, 2.05) is 26.8 Å². The Bertz CT molecular complexity index is 369. The zero-order valence-electron chi connectivity index (χ0n) is 9.98. The molecule has 0 spiro atoms. The van der Waals surface area contributed by atoms with Gasteiger partial charge in [-0.15, -0.1) is 0 Å². The average molecular weight is 205 g/mol. The summed E-state index contributed by atoms with van der Waals surface area (Å²) in [5.41, 5.74) is 4.51. The molecule has 82 valence electrons. The highest BCUT2D eigenvalue weighted by Crippen LogP contribution is 2.18. The van der Waals surface area contributed by atoms with Gasteiger partial charge in [0, 0.05) is 12.1 Å². The van der Waals surface area contributed by atoms with Crippen LogP contribution in [-0.2, 0) is 6.42 Å². The maximum Gasteiger partial charge on any atom is 0.251 e. The standard InChI is InChI=1S/C11H13NO.C2H6/c1-7-5-9-3-4-12-11(13)10(9)6-8(7)2;1-2/h5-6H,3-4H2,1-2H3,(H,12,13);1-2H3. The second-order valence-corrected chi connectivity index (χ2v) is 3.60. The number of rotatable bonds is 0. The first-order valence-electron chi connectivity index (χ1n) is 5.57. The number of carbonyl (C=O) groups excluding carboxylic acids is 1. The topological polar surface area (TPSA) is 29.1 Å². The number of fused-ring (bicyclic) bond motifs is 1. The van der Waals surface area contributed by atoms with E-state index >= 15 is 0 Å². The van der Waals surface area contributed by atoms with Gasteiger partial charge in [0.1, 0.15) is 0 Å². The van der Waals surface area contributed by atoms with Gasteiger partial charge in [0.05, 0.1) is 0 Å². The third-order valence-electron chi connectivity index (χ3n) is 2.64. The van der Waals surface area contributed by atoms with Crippen LogP contribution in [0.4, 0.5) is 0 Å². The van der Waals surface area contributed by atoms with E-state index in [2.05, 4.69) is 18.3 Å². The lowest BCUT2D eigenvalue weighted by atomic mass is 9.95. The third-order valence-corrected chi connectivity index (χ3v) is 2.64. The van der Waals surface area contributed by atoms with Crippen LogP contribution in [0.5, 0.6) is 0 Å². The third kappa shape index (κ3) is 2.38. The minimum absolute atomic E-state index is 0.0735. The van der Waals surface area contributed by atoms with Gasteiger partial charge in [0.2, 0.25) is 0 Å². The SMILES string of the molecule is CC.Cc1cc2c(cc1C)C(=O)NCC2. The summed E-state index contributed by atoms with van der Waals surface area (Å²) >= 11 is 0. The number of hydrogen-bond acceptors (Lipinski definition) is 1. The largest absolute Gasteiger partial charge is 0.352 e. The van der Waals surface area contributed by atoms with Crippen LogP contribution < -0.4 is 5.32 Å². The van der Waals surface area contributed by atoms with Crippen LogP contribution in [0, 0.1) is 13.8 Å². The van der Waals surface area contributed by atoms with E-state index in [1.54, 1.807) is 0 Å². The molecule has 1 aromatic carbocycles. The molecule has 0 saturated carbocycles. The Kier molecular flexibility index (Phi) is 3.89. The van der Waals surface area contributed by atoms with Crippen molar-refractivity contribution in [1.29, 1.82) is 0 Å². The Balaban J connectivity index is 0.000000531. The monoisotopic (exact) mass is 205 g/mol. The highest BCUT2D eigenvalue weighted by atomic mass is 16.1. The molecule has 0 atom stereocenters. The second kappa shape index (κ2) is 4.96. The minimum atomic E-state index is 0.0735. The molecule has 0 radical (unpaired) electrons. The molecule has 1 aliphatic heterocycles. The fraction of sp³-hybridized carbons (Fsp3) is 0.462. The van der Waals surface area contributed by atoms with Crippen LogP contribution in [0.1, 0.15) is 40.9 Å². The Hall–Kier alpha value is -1.31. The Morgan fingerprint density at radius 3 is 2.40 bits per heavy atom. The molecule has 1 amide bonds. The van der Waals surface area contributed by atoms with E-state index in [9.17, 15) is 4.79 Å². The summed E-state index contributed by atoms with van der Waals surface area (Å²) in [6.45, 7) is 8.90. The van der Waals surface area contributed by atoms with Crippen LogP contribution in [0.25, 0.3) is 0 Å². The molecule has 0 aromatic heterocycles. The van der Waals surface area contributed by atoms with Gasteiger partial charge in [-0.05, 0) is 43.0 Å². The number of amides is 1. The maximum atomic E-state index is 11.4. The Morgan fingerprint density at radius 1 is 1.13 bits per heavy atom. The molecular formula is C13H19NO. The molecule has 15 heavy (non-hydrogen) atoms. The molecule has 2 rings (SSSR count). The van der Waals surface area contributed by atoms with E-state index in [0.29, 0.717) is 0 Å². The van der Waals surface area contributed by atoms with Crippen molar-refractivity contribution in [3.63, 3.8) is 0 Å². The molecule has 1 aromatic rings. The van der Waals surface area contributed by atoms with Crippen molar-refractivity contribution in [3.8, 4) is 0 Å². The zero-order chi connectivity index (χ0) is 11.4. The van der Waals surface area contributed by atoms with Gasteiger partial charge in [-0.2, -0.15) is 0 Å². The van der Waals surface area contributed by atoms with Crippen LogP contribution in [0.3, 0.4) is 0 Å². The molecule has 2 nitrogen and oxygen atoms in total. The van der Waals surface area contributed by atoms with Crippen LogP contribution >= 0.6 is 0 Å². The van der Waals surface area contributed by atoms with Gasteiger partial charge in [0.15, 0.2) is 0 Å². The molecule has 1 N–H and O–H groups in total. The van der Waals surface area contributed by atoms with Crippen LogP contribution in [0.15, 0.2) is 12.1 Å². The van der Waals surface area contributed by atoms with Gasteiger partial charge in [0.25, 0.3) is 5.91 Å². The molecular weight excluding hydrogens is 186 g/mol. The van der Waals surface area contributed by atoms with Gasteiger partial charge in [-0.3, -0.25) is 4.79 Å². The summed E-state index contributed by atoms with van der Waals surface area (Å²) in [6.07, 6.45) is 0.961. The van der Waals surface area contributed by atoms with Gasteiger partial charge >= 0.3 is 0 Å². The predicted molar refractivity (Wildman–Crippen MR) is 63.3 cm³/mol. The Morgan fingerprint density at radius 2 is 1.73 bits per heavy atom. The second-order valence-electron chi connectivity index (χ2n) is 3.60. The molecule has 0 bridgehead atoms. The van der Waals surface area contributed by atoms with Crippen molar-refractivity contribution in [2.75, 3.05) is 6.54 Å². The highest BCUT2D eigenvalue weighted by molar-refractivity contribution is 5.97. The van der Waals surface area contributed by atoms with Crippen molar-refractivity contribution >= 4 is 5.91 Å². The number of nitrogens with one attached hydrogen (secondary N) is 1. The van der Waals surface area contributed by atoms with Gasteiger partial charge in [-0.1, -0.05) is 19.9 Å². The van der Waals surface area contributed by atoms with E-state index in [0.717, 1.165) is 18.5 Å². The minimum Gasteiger partial charge on any atom is -0.352 e. The number of aryl methyl sites for hydroxylation is 2. The first kappa shape index (κ1) is 11.8. The summed E-state index contributed by atoms with van der Waals surface area (Å²) in [5.74, 6) is 0.0735. The van der Waals surface area contributed by atoms with Gasteiger partial charge in [-0.25, -0.2) is 0 Å². The van der Waals surface area contributed by atoms with Crippen molar-refractivity contribution in [3.05, 3.63) is 34.4 Å². The van der Waals surface area contributed by atoms with Crippen LogP contribution in [0.2, 0.25) is 0 Å². The van der Waals surface area contributed by atoms with E-state index in [1.165, 1.54) is 16.7 Å². The smallest absolute Gasteiger partial charge is 0.251 e. The summed E-state index contributed by atoms with van der Waals surface area (Å²) in [6, 6.07) is 4.11. The van der Waals surface area contributed by atoms with Crippen LogP contribution in [-0.4, -0.2) is 12.5 Å². The molecule has 0 aliphatic carbocycles. The summed E-state index contributed by atoms with van der Waals surface area (Å²) in [7, 11) is 0. The molecule has 0 unspecified atom stereocenters. The number of benzene rings is 1. The van der Waals surface area contributed by atoms with Crippen molar-refractivity contribution in [2.45, 2.75) is 34.1 Å². The zero-order valence-corrected chi connectivity index (χ0v) is 9.98. The molecule has 1 aliphatic rings. The van der Waals surface area contributed by atoms with E-state index in [-0.39, 0.29) is 5.91 Å². The average Bonchev–Trinajstić information content (AvgIpc) is 2.24. The summed E-state index contributed by atoms with van der Waals surface area (Å²) in [5, 5.41) is 2.85.